The first-order chi connectivity index (χ1) is 13.9. The summed E-state index contributed by atoms with van der Waals surface area (Å²) in [5, 5.41) is 1.19. The number of ether oxygens (including phenoxy) is 1. The third-order valence-corrected chi connectivity index (χ3v) is 5.84. The molecule has 1 amide bonds. The number of hydrogen-bond acceptors (Lipinski definition) is 4. The summed E-state index contributed by atoms with van der Waals surface area (Å²) in [4.78, 5) is 24.4. The van der Waals surface area contributed by atoms with Crippen molar-refractivity contribution in [3.8, 4) is 11.1 Å². The molecule has 1 aromatic carbocycles. The Kier molecular flexibility index (Phi) is 4.05. The highest BCUT2D eigenvalue weighted by Gasteiger charge is 2.49. The molecule has 150 valence electrons. The summed E-state index contributed by atoms with van der Waals surface area (Å²) >= 11 is 0. The van der Waals surface area contributed by atoms with E-state index < -0.39 is 5.60 Å². The Labute approximate surface area is 170 Å². The minimum atomic E-state index is -0.459. The normalized spacial score (nSPS) is 21.2. The highest BCUT2D eigenvalue weighted by Crippen LogP contribution is 2.36. The van der Waals surface area contributed by atoms with Gasteiger partial charge in [0.2, 0.25) is 0 Å². The van der Waals surface area contributed by atoms with Crippen LogP contribution < -0.4 is 4.90 Å². The van der Waals surface area contributed by atoms with E-state index in [1.54, 1.807) is 0 Å². The number of likely N-dealkylation sites (tertiary alicyclic amines) is 1. The maximum atomic E-state index is 12.4. The van der Waals surface area contributed by atoms with Crippen molar-refractivity contribution in [3.05, 3.63) is 48.9 Å². The molecule has 2 aromatic heterocycles. The predicted molar refractivity (Wildman–Crippen MR) is 114 cm³/mol. The molecule has 0 unspecified atom stereocenters. The topological polar surface area (TPSA) is 61.5 Å². The van der Waals surface area contributed by atoms with Gasteiger partial charge in [-0.2, -0.15) is 0 Å². The molecular formula is C23H26N4O2. The first-order valence-electron chi connectivity index (χ1n) is 10.1. The van der Waals surface area contributed by atoms with E-state index in [0.717, 1.165) is 42.0 Å². The molecule has 2 aliphatic rings. The van der Waals surface area contributed by atoms with Crippen LogP contribution in [0.1, 0.15) is 20.8 Å². The van der Waals surface area contributed by atoms with E-state index >= 15 is 0 Å². The Hall–Kier alpha value is -3.02. The van der Waals surface area contributed by atoms with Crippen LogP contribution in [0.3, 0.4) is 0 Å². The van der Waals surface area contributed by atoms with Crippen molar-refractivity contribution in [2.24, 2.45) is 5.92 Å². The average Bonchev–Trinajstić information content (AvgIpc) is 3.25. The SMILES string of the molecule is CC(C)(C)OC(=O)N1C[C@H]2CN(c3cncc(-c4ccc5[nH]ccc5c4)c3)C[C@H]21. The lowest BCUT2D eigenvalue weighted by molar-refractivity contribution is -0.0163. The molecule has 2 atom stereocenters. The number of pyridine rings is 1. The number of amides is 1. The number of hydrogen-bond donors (Lipinski definition) is 1. The Morgan fingerprint density at radius 1 is 1.10 bits per heavy atom. The van der Waals surface area contributed by atoms with Crippen LogP contribution in [-0.2, 0) is 4.74 Å². The number of rotatable bonds is 2. The highest BCUT2D eigenvalue weighted by atomic mass is 16.6. The molecule has 3 aromatic rings. The summed E-state index contributed by atoms with van der Waals surface area (Å²) in [7, 11) is 0. The van der Waals surface area contributed by atoms with Crippen LogP contribution in [0.2, 0.25) is 0 Å². The van der Waals surface area contributed by atoms with E-state index in [1.807, 2.05) is 44.3 Å². The van der Waals surface area contributed by atoms with Crippen molar-refractivity contribution in [2.45, 2.75) is 32.4 Å². The Balaban J connectivity index is 1.33. The third kappa shape index (κ3) is 3.33. The maximum absolute atomic E-state index is 12.4. The summed E-state index contributed by atoms with van der Waals surface area (Å²) in [5.74, 6) is 0.502. The molecule has 0 spiro atoms. The highest BCUT2D eigenvalue weighted by molar-refractivity contribution is 5.85. The second kappa shape index (κ2) is 6.51. The molecule has 1 N–H and O–H groups in total. The number of nitrogens with one attached hydrogen (secondary N) is 1. The minimum absolute atomic E-state index is 0.202. The molecule has 2 fully saturated rings. The van der Waals surface area contributed by atoms with Gasteiger partial charge in [-0.15, -0.1) is 0 Å². The van der Waals surface area contributed by atoms with Gasteiger partial charge in [0.05, 0.1) is 17.9 Å². The Morgan fingerprint density at radius 2 is 1.97 bits per heavy atom. The third-order valence-electron chi connectivity index (χ3n) is 5.84. The van der Waals surface area contributed by atoms with E-state index in [2.05, 4.69) is 45.2 Å². The largest absolute Gasteiger partial charge is 0.444 e. The average molecular weight is 390 g/mol. The van der Waals surface area contributed by atoms with Gasteiger partial charge >= 0.3 is 6.09 Å². The number of aromatic amines is 1. The zero-order valence-corrected chi connectivity index (χ0v) is 17.1. The van der Waals surface area contributed by atoms with Crippen molar-refractivity contribution < 1.29 is 9.53 Å². The number of benzene rings is 1. The van der Waals surface area contributed by atoms with Crippen molar-refractivity contribution >= 4 is 22.7 Å². The molecule has 6 nitrogen and oxygen atoms in total. The van der Waals surface area contributed by atoms with Crippen molar-refractivity contribution in [1.82, 2.24) is 14.9 Å². The van der Waals surface area contributed by atoms with Gasteiger partial charge in [-0.05, 0) is 56.0 Å². The Bertz CT molecular complexity index is 1070. The van der Waals surface area contributed by atoms with Crippen molar-refractivity contribution in [1.29, 1.82) is 0 Å². The summed E-state index contributed by atoms with van der Waals surface area (Å²) in [6, 6.07) is 10.9. The van der Waals surface area contributed by atoms with E-state index in [4.69, 9.17) is 4.74 Å². The van der Waals surface area contributed by atoms with E-state index in [9.17, 15) is 4.79 Å². The maximum Gasteiger partial charge on any atom is 0.410 e. The second-order valence-corrected chi connectivity index (χ2v) is 9.08. The van der Waals surface area contributed by atoms with Gasteiger partial charge in [0.25, 0.3) is 0 Å². The number of anilines is 1. The number of aromatic nitrogens is 2. The molecule has 0 aliphatic carbocycles. The van der Waals surface area contributed by atoms with Crippen LogP contribution in [0.4, 0.5) is 10.5 Å². The zero-order valence-electron chi connectivity index (χ0n) is 17.1. The minimum Gasteiger partial charge on any atom is -0.444 e. The molecule has 2 saturated heterocycles. The molecular weight excluding hydrogens is 364 g/mol. The van der Waals surface area contributed by atoms with Gasteiger partial charge in [-0.25, -0.2) is 4.79 Å². The fraction of sp³-hybridized carbons (Fsp3) is 0.391. The number of carbonyl (C=O) groups excluding carboxylic acids is 1. The van der Waals surface area contributed by atoms with Gasteiger partial charge in [0.1, 0.15) is 5.60 Å². The van der Waals surface area contributed by atoms with Gasteiger partial charge < -0.3 is 19.5 Å². The van der Waals surface area contributed by atoms with Crippen molar-refractivity contribution in [3.63, 3.8) is 0 Å². The molecule has 4 heterocycles. The summed E-state index contributed by atoms with van der Waals surface area (Å²) in [6.07, 6.45) is 5.59. The van der Waals surface area contributed by atoms with Crippen molar-refractivity contribution in [2.75, 3.05) is 24.5 Å². The number of nitrogens with zero attached hydrogens (tertiary/aromatic N) is 3. The zero-order chi connectivity index (χ0) is 20.2. The van der Waals surface area contributed by atoms with Crippen LogP contribution in [0.5, 0.6) is 0 Å². The lowest BCUT2D eigenvalue weighted by Gasteiger charge is -2.43. The second-order valence-electron chi connectivity index (χ2n) is 9.08. The van der Waals surface area contributed by atoms with Gasteiger partial charge in [0, 0.05) is 49.0 Å². The number of H-pyrrole nitrogens is 1. The fourth-order valence-corrected chi connectivity index (χ4v) is 4.37. The van der Waals surface area contributed by atoms with Gasteiger partial charge in [0.15, 0.2) is 0 Å². The van der Waals surface area contributed by atoms with Crippen LogP contribution in [-0.4, -0.2) is 52.2 Å². The lowest BCUT2D eigenvalue weighted by Crippen LogP contribution is -2.59. The quantitative estimate of drug-likeness (QED) is 0.709. The molecule has 29 heavy (non-hydrogen) atoms. The first-order valence-corrected chi connectivity index (χ1v) is 10.1. The Morgan fingerprint density at radius 3 is 2.79 bits per heavy atom. The number of fused-ring (bicyclic) bond motifs is 2. The molecule has 5 rings (SSSR count). The number of carbonyl (C=O) groups is 1. The fourth-order valence-electron chi connectivity index (χ4n) is 4.37. The van der Waals surface area contributed by atoms with Crippen LogP contribution in [0.15, 0.2) is 48.9 Å². The lowest BCUT2D eigenvalue weighted by atomic mass is 9.93. The van der Waals surface area contributed by atoms with Gasteiger partial charge in [-0.3, -0.25) is 4.98 Å². The van der Waals surface area contributed by atoms with Crippen LogP contribution >= 0.6 is 0 Å². The molecule has 0 radical (unpaired) electrons. The monoisotopic (exact) mass is 390 g/mol. The standard InChI is InChI=1S/C23H26N4O2/c1-23(2,3)29-22(28)27-13-18-12-26(14-21(18)27)19-9-17(10-24-11-19)15-4-5-20-16(8-15)6-7-25-20/h4-11,18,21,25H,12-14H2,1-3H3/t18-,21-/m1/s1. The molecule has 0 bridgehead atoms. The molecule has 6 heteroatoms. The predicted octanol–water partition coefficient (Wildman–Crippen LogP) is 4.29. The van der Waals surface area contributed by atoms with E-state index in [-0.39, 0.29) is 12.1 Å². The van der Waals surface area contributed by atoms with Crippen LogP contribution in [0, 0.1) is 5.92 Å². The summed E-state index contributed by atoms with van der Waals surface area (Å²) in [6.45, 7) is 8.27. The van der Waals surface area contributed by atoms with Gasteiger partial charge in [-0.1, -0.05) is 6.07 Å². The van der Waals surface area contributed by atoms with E-state index in [0.29, 0.717) is 5.92 Å². The summed E-state index contributed by atoms with van der Waals surface area (Å²) in [5.41, 5.74) is 4.04. The first kappa shape index (κ1) is 18.0. The smallest absolute Gasteiger partial charge is 0.410 e. The summed E-state index contributed by atoms with van der Waals surface area (Å²) < 4.78 is 5.55. The molecule has 2 aliphatic heterocycles. The van der Waals surface area contributed by atoms with E-state index in [1.165, 1.54) is 5.39 Å². The van der Waals surface area contributed by atoms with Crippen LogP contribution in [0.25, 0.3) is 22.0 Å². The molecule has 0 saturated carbocycles.